The molecule has 0 aliphatic rings. The largest absolute Gasteiger partial charge is 0.355 e. The average molecular weight is 198 g/mol. The molecule has 6 heteroatoms. The van der Waals surface area contributed by atoms with E-state index in [1.54, 1.807) is 0 Å². The van der Waals surface area contributed by atoms with Gasteiger partial charge in [0.1, 0.15) is 0 Å². The minimum absolute atomic E-state index is 0.00182. The maximum absolute atomic E-state index is 11.0. The summed E-state index contributed by atoms with van der Waals surface area (Å²) in [5.41, 5.74) is 0. The van der Waals surface area contributed by atoms with E-state index >= 15 is 0 Å². The Kier molecular flexibility index (Phi) is 4.63. The van der Waals surface area contributed by atoms with Crippen LogP contribution >= 0.6 is 0 Å². The lowest BCUT2D eigenvalue weighted by Crippen LogP contribution is -2.34. The molecule has 0 unspecified atom stereocenters. The van der Waals surface area contributed by atoms with Crippen molar-refractivity contribution >= 4 is 5.91 Å². The predicted molar refractivity (Wildman–Crippen MR) is 49.6 cm³/mol. The molecule has 0 aromatic carbocycles. The first-order chi connectivity index (χ1) is 6.83. The van der Waals surface area contributed by atoms with Gasteiger partial charge in [-0.3, -0.25) is 4.79 Å². The van der Waals surface area contributed by atoms with E-state index in [1.807, 2.05) is 6.92 Å². The minimum Gasteiger partial charge on any atom is -0.355 e. The lowest BCUT2D eigenvalue weighted by atomic mass is 10.4. The summed E-state index contributed by atoms with van der Waals surface area (Å²) in [5, 5.41) is 9.13. The topological polar surface area (TPSA) is 80.0 Å². The first-order valence-electron chi connectivity index (χ1n) is 4.56. The van der Waals surface area contributed by atoms with Gasteiger partial charge in [0.05, 0.1) is 6.54 Å². The van der Waals surface area contributed by atoms with Gasteiger partial charge in [-0.25, -0.2) is 0 Å². The van der Waals surface area contributed by atoms with Crippen molar-refractivity contribution in [2.45, 2.75) is 13.3 Å². The molecule has 0 saturated carbocycles. The number of carbonyl (C=O) groups excluding carboxylic acids is 1. The Morgan fingerprint density at radius 1 is 1.64 bits per heavy atom. The second-order valence-electron chi connectivity index (χ2n) is 2.72. The first kappa shape index (κ1) is 10.6. The number of hydrogen-bond donors (Lipinski definition) is 2. The van der Waals surface area contributed by atoms with Crippen molar-refractivity contribution in [1.29, 1.82) is 0 Å². The Morgan fingerprint density at radius 2 is 2.50 bits per heavy atom. The highest BCUT2D eigenvalue weighted by Crippen LogP contribution is 1.89. The molecule has 1 heterocycles. The number of aromatic nitrogens is 2. The SMILES string of the molecule is CCNC(=O)CNCCc1ncno1. The molecule has 0 spiro atoms. The molecule has 1 aromatic rings. The van der Waals surface area contributed by atoms with Gasteiger partial charge in [0, 0.05) is 19.5 Å². The van der Waals surface area contributed by atoms with Gasteiger partial charge in [0.25, 0.3) is 0 Å². The predicted octanol–water partition coefficient (Wildman–Crippen LogP) is -0.662. The third-order valence-corrected chi connectivity index (χ3v) is 1.58. The van der Waals surface area contributed by atoms with Gasteiger partial charge in [-0.05, 0) is 6.92 Å². The number of amides is 1. The quantitative estimate of drug-likeness (QED) is 0.593. The average Bonchev–Trinajstić information content (AvgIpc) is 2.65. The van der Waals surface area contributed by atoms with Gasteiger partial charge in [0.15, 0.2) is 6.33 Å². The number of nitrogens with zero attached hydrogens (tertiary/aromatic N) is 2. The Bertz CT molecular complexity index is 260. The van der Waals surface area contributed by atoms with Crippen molar-refractivity contribution in [3.63, 3.8) is 0 Å². The second-order valence-corrected chi connectivity index (χ2v) is 2.72. The van der Waals surface area contributed by atoms with Gasteiger partial charge in [-0.15, -0.1) is 0 Å². The fourth-order valence-electron chi connectivity index (χ4n) is 0.963. The molecular formula is C8H14N4O2. The van der Waals surface area contributed by atoms with Crippen LogP contribution in [0.5, 0.6) is 0 Å². The van der Waals surface area contributed by atoms with E-state index in [0.717, 1.165) is 0 Å². The summed E-state index contributed by atoms with van der Waals surface area (Å²) in [7, 11) is 0. The van der Waals surface area contributed by atoms with Crippen LogP contribution in [0.25, 0.3) is 0 Å². The summed E-state index contributed by atoms with van der Waals surface area (Å²) >= 11 is 0. The molecule has 0 bridgehead atoms. The van der Waals surface area contributed by atoms with Gasteiger partial charge in [-0.2, -0.15) is 4.98 Å². The summed E-state index contributed by atoms with van der Waals surface area (Å²) in [6, 6.07) is 0. The van der Waals surface area contributed by atoms with Gasteiger partial charge in [-0.1, -0.05) is 5.16 Å². The van der Waals surface area contributed by atoms with Crippen LogP contribution in [0.15, 0.2) is 10.9 Å². The Balaban J connectivity index is 2.02. The fourth-order valence-corrected chi connectivity index (χ4v) is 0.963. The minimum atomic E-state index is -0.00182. The Labute approximate surface area is 82.1 Å². The number of nitrogens with one attached hydrogen (secondary N) is 2. The van der Waals surface area contributed by atoms with Crippen LogP contribution in [0.4, 0.5) is 0 Å². The summed E-state index contributed by atoms with van der Waals surface area (Å²) in [4.78, 5) is 14.8. The van der Waals surface area contributed by atoms with E-state index in [1.165, 1.54) is 6.33 Å². The van der Waals surface area contributed by atoms with Crippen LogP contribution in [0, 0.1) is 0 Å². The molecule has 0 aliphatic heterocycles. The summed E-state index contributed by atoms with van der Waals surface area (Å²) < 4.78 is 4.79. The number of likely N-dealkylation sites (N-methyl/N-ethyl adjacent to an activating group) is 1. The number of hydrogen-bond acceptors (Lipinski definition) is 5. The van der Waals surface area contributed by atoms with Gasteiger partial charge in [0.2, 0.25) is 11.8 Å². The molecule has 1 rings (SSSR count). The molecule has 0 aliphatic carbocycles. The van der Waals surface area contributed by atoms with E-state index in [9.17, 15) is 4.79 Å². The van der Waals surface area contributed by atoms with E-state index in [0.29, 0.717) is 31.9 Å². The number of rotatable bonds is 6. The van der Waals surface area contributed by atoms with Gasteiger partial charge < -0.3 is 15.2 Å². The van der Waals surface area contributed by atoms with E-state index in [-0.39, 0.29) is 5.91 Å². The molecule has 0 radical (unpaired) electrons. The van der Waals surface area contributed by atoms with E-state index in [4.69, 9.17) is 4.52 Å². The van der Waals surface area contributed by atoms with Crippen LogP contribution in [0.2, 0.25) is 0 Å². The lowest BCUT2D eigenvalue weighted by molar-refractivity contribution is -0.120. The smallest absolute Gasteiger partial charge is 0.233 e. The molecule has 0 atom stereocenters. The van der Waals surface area contributed by atoms with Crippen molar-refractivity contribution < 1.29 is 9.32 Å². The Morgan fingerprint density at radius 3 is 3.14 bits per heavy atom. The maximum atomic E-state index is 11.0. The highest BCUT2D eigenvalue weighted by Gasteiger charge is 2.00. The molecule has 6 nitrogen and oxygen atoms in total. The first-order valence-corrected chi connectivity index (χ1v) is 4.56. The Hall–Kier alpha value is -1.43. The fraction of sp³-hybridized carbons (Fsp3) is 0.625. The second kappa shape index (κ2) is 6.09. The van der Waals surface area contributed by atoms with Crippen LogP contribution in [0.3, 0.4) is 0 Å². The summed E-state index contributed by atoms with van der Waals surface area (Å²) in [6.07, 6.45) is 2.00. The molecule has 0 fully saturated rings. The molecule has 0 saturated heterocycles. The van der Waals surface area contributed by atoms with Crippen molar-refractivity contribution in [3.8, 4) is 0 Å². The van der Waals surface area contributed by atoms with Crippen molar-refractivity contribution in [2.75, 3.05) is 19.6 Å². The highest BCUT2D eigenvalue weighted by atomic mass is 16.5. The van der Waals surface area contributed by atoms with Crippen molar-refractivity contribution in [1.82, 2.24) is 20.8 Å². The zero-order valence-electron chi connectivity index (χ0n) is 8.12. The summed E-state index contributed by atoms with van der Waals surface area (Å²) in [6.45, 7) is 3.52. The molecule has 1 aromatic heterocycles. The van der Waals surface area contributed by atoms with E-state index in [2.05, 4.69) is 20.8 Å². The molecular weight excluding hydrogens is 184 g/mol. The molecule has 14 heavy (non-hydrogen) atoms. The number of carbonyl (C=O) groups is 1. The monoisotopic (exact) mass is 198 g/mol. The normalized spacial score (nSPS) is 10.1. The maximum Gasteiger partial charge on any atom is 0.233 e. The third kappa shape index (κ3) is 3.99. The molecule has 2 N–H and O–H groups in total. The van der Waals surface area contributed by atoms with Crippen LogP contribution in [-0.2, 0) is 11.2 Å². The van der Waals surface area contributed by atoms with Gasteiger partial charge >= 0.3 is 0 Å². The van der Waals surface area contributed by atoms with E-state index < -0.39 is 0 Å². The molecule has 1 amide bonds. The third-order valence-electron chi connectivity index (χ3n) is 1.58. The summed E-state index contributed by atoms with van der Waals surface area (Å²) in [5.74, 6) is 0.575. The highest BCUT2D eigenvalue weighted by molar-refractivity contribution is 5.77. The van der Waals surface area contributed by atoms with Crippen LogP contribution < -0.4 is 10.6 Å². The zero-order valence-corrected chi connectivity index (χ0v) is 8.12. The van der Waals surface area contributed by atoms with Crippen LogP contribution in [-0.4, -0.2) is 35.7 Å². The van der Waals surface area contributed by atoms with Crippen LogP contribution in [0.1, 0.15) is 12.8 Å². The zero-order chi connectivity index (χ0) is 10.2. The van der Waals surface area contributed by atoms with Crippen molar-refractivity contribution in [2.24, 2.45) is 0 Å². The molecule has 78 valence electrons. The van der Waals surface area contributed by atoms with Crippen molar-refractivity contribution in [3.05, 3.63) is 12.2 Å². The standard InChI is InChI=1S/C8H14N4O2/c1-2-10-7(13)5-9-4-3-8-11-6-12-14-8/h6,9H,2-5H2,1H3,(H,10,13). The lowest BCUT2D eigenvalue weighted by Gasteiger charge is -2.02.